The Hall–Kier alpha value is -2.15. The number of unbranched alkanes of at least 4 members (excludes halogenated alkanes) is 2. The van der Waals surface area contributed by atoms with E-state index in [1.165, 1.54) is 30.0 Å². The lowest BCUT2D eigenvalue weighted by molar-refractivity contribution is -0.255. The molecule has 6 nitrogen and oxygen atoms in total. The van der Waals surface area contributed by atoms with Crippen LogP contribution in [0, 0.1) is 5.41 Å². The summed E-state index contributed by atoms with van der Waals surface area (Å²) < 4.78 is 1.59. The predicted octanol–water partition coefficient (Wildman–Crippen LogP) is 2.66. The van der Waals surface area contributed by atoms with Crippen LogP contribution in [0.1, 0.15) is 57.3 Å². The van der Waals surface area contributed by atoms with Crippen LogP contribution in [0.2, 0.25) is 0 Å². The highest BCUT2D eigenvalue weighted by Crippen LogP contribution is 2.23. The number of rotatable bonds is 8. The molecule has 0 radical (unpaired) electrons. The van der Waals surface area contributed by atoms with Gasteiger partial charge in [0.05, 0.1) is 22.6 Å². The van der Waals surface area contributed by atoms with Crippen LogP contribution in [0.3, 0.4) is 0 Å². The zero-order chi connectivity index (χ0) is 20.2. The Morgan fingerprint density at radius 3 is 2.52 bits per heavy atom. The van der Waals surface area contributed by atoms with Crippen LogP contribution in [-0.2, 0) is 11.3 Å². The highest BCUT2D eigenvalue weighted by Gasteiger charge is 2.22. The molecule has 2 aromatic rings. The second-order valence-electron chi connectivity index (χ2n) is 7.54. The van der Waals surface area contributed by atoms with Gasteiger partial charge < -0.3 is 9.90 Å². The molecule has 0 saturated carbocycles. The Balaban J connectivity index is 2.48. The molecular formula is C20H25N2O4S-. The zero-order valence-corrected chi connectivity index (χ0v) is 17.0. The first-order chi connectivity index (χ1) is 12.6. The summed E-state index contributed by atoms with van der Waals surface area (Å²) in [6, 6.07) is 4.17. The lowest BCUT2D eigenvalue weighted by Gasteiger charge is -2.17. The second-order valence-corrected chi connectivity index (χ2v) is 8.48. The lowest BCUT2D eigenvalue weighted by Crippen LogP contribution is -2.26. The second kappa shape index (κ2) is 8.69. The Morgan fingerprint density at radius 2 is 1.93 bits per heavy atom. The molecular weight excluding hydrogens is 364 g/mol. The fourth-order valence-electron chi connectivity index (χ4n) is 2.50. The van der Waals surface area contributed by atoms with Crippen LogP contribution in [0.4, 0.5) is 0 Å². The number of hydrogen-bond donors (Lipinski definition) is 0. The van der Waals surface area contributed by atoms with Crippen molar-refractivity contribution < 1.29 is 14.7 Å². The summed E-state index contributed by atoms with van der Waals surface area (Å²) in [6.45, 7) is 8.16. The standard InChI is InChI=1S/C20H26N2O4S/c1-5-6-7-10-22-17(24)14-9-8-13(18(25)26)11-15(14)21-19(22)27-12-16(23)20(2,3)4/h8-9,11H,5-7,10,12H2,1-4H3,(H,25,26)/p-1. The molecule has 0 aliphatic heterocycles. The molecule has 2 rings (SSSR count). The van der Waals surface area contributed by atoms with E-state index >= 15 is 0 Å². The van der Waals surface area contributed by atoms with Crippen LogP contribution >= 0.6 is 11.8 Å². The first kappa shape index (κ1) is 21.2. The minimum absolute atomic E-state index is 0.0279. The van der Waals surface area contributed by atoms with Crippen molar-refractivity contribution in [2.75, 3.05) is 5.75 Å². The predicted molar refractivity (Wildman–Crippen MR) is 105 cm³/mol. The molecule has 27 heavy (non-hydrogen) atoms. The van der Waals surface area contributed by atoms with Gasteiger partial charge in [0.15, 0.2) is 5.16 Å². The third-order valence-corrected chi connectivity index (χ3v) is 5.29. The number of hydrogen-bond acceptors (Lipinski definition) is 6. The van der Waals surface area contributed by atoms with E-state index in [9.17, 15) is 19.5 Å². The van der Waals surface area contributed by atoms with Crippen LogP contribution in [0.15, 0.2) is 28.2 Å². The summed E-state index contributed by atoms with van der Waals surface area (Å²) in [5.41, 5.74) is -0.412. The van der Waals surface area contributed by atoms with Gasteiger partial charge in [-0.2, -0.15) is 0 Å². The van der Waals surface area contributed by atoms with Gasteiger partial charge >= 0.3 is 0 Å². The van der Waals surface area contributed by atoms with E-state index in [0.29, 0.717) is 22.6 Å². The molecule has 146 valence electrons. The van der Waals surface area contributed by atoms with Gasteiger partial charge in [-0.25, -0.2) is 4.98 Å². The van der Waals surface area contributed by atoms with E-state index in [-0.39, 0.29) is 22.7 Å². The van der Waals surface area contributed by atoms with Crippen molar-refractivity contribution in [3.63, 3.8) is 0 Å². The first-order valence-corrected chi connectivity index (χ1v) is 10.1. The number of ketones is 1. The van der Waals surface area contributed by atoms with Gasteiger partial charge in [-0.15, -0.1) is 0 Å². The molecule has 7 heteroatoms. The van der Waals surface area contributed by atoms with Gasteiger partial charge in [0.25, 0.3) is 5.56 Å². The zero-order valence-electron chi connectivity index (χ0n) is 16.2. The van der Waals surface area contributed by atoms with E-state index in [1.807, 2.05) is 20.8 Å². The molecule has 0 atom stereocenters. The molecule has 0 bridgehead atoms. The van der Waals surface area contributed by atoms with E-state index in [4.69, 9.17) is 0 Å². The Morgan fingerprint density at radius 1 is 1.22 bits per heavy atom. The number of carboxylic acids is 1. The van der Waals surface area contributed by atoms with Gasteiger partial charge in [-0.05, 0) is 24.1 Å². The van der Waals surface area contributed by atoms with Crippen molar-refractivity contribution >= 4 is 34.4 Å². The number of aromatic carboxylic acids is 1. The number of carbonyl (C=O) groups is 2. The van der Waals surface area contributed by atoms with Crippen LogP contribution < -0.4 is 10.7 Å². The van der Waals surface area contributed by atoms with Gasteiger partial charge in [0.1, 0.15) is 5.78 Å². The first-order valence-electron chi connectivity index (χ1n) is 9.07. The maximum absolute atomic E-state index is 12.9. The van der Waals surface area contributed by atoms with Crippen molar-refractivity contribution in [2.45, 2.75) is 58.7 Å². The van der Waals surface area contributed by atoms with Gasteiger partial charge in [0, 0.05) is 12.0 Å². The maximum atomic E-state index is 12.9. The normalized spacial score (nSPS) is 11.7. The fourth-order valence-corrected chi connectivity index (χ4v) is 3.69. The van der Waals surface area contributed by atoms with Crippen LogP contribution in [0.25, 0.3) is 10.9 Å². The average molecular weight is 389 g/mol. The fraction of sp³-hybridized carbons (Fsp3) is 0.500. The quantitative estimate of drug-likeness (QED) is 0.391. The minimum Gasteiger partial charge on any atom is -0.545 e. The molecule has 1 aromatic heterocycles. The van der Waals surface area contributed by atoms with Crippen LogP contribution in [-0.4, -0.2) is 27.1 Å². The van der Waals surface area contributed by atoms with Crippen molar-refractivity contribution in [3.8, 4) is 0 Å². The van der Waals surface area contributed by atoms with Gasteiger partial charge in [-0.3, -0.25) is 14.2 Å². The Labute approximate surface area is 163 Å². The number of thioether (sulfide) groups is 1. The number of carbonyl (C=O) groups excluding carboxylic acids is 2. The summed E-state index contributed by atoms with van der Waals surface area (Å²) >= 11 is 1.22. The number of fused-ring (bicyclic) bond motifs is 1. The molecule has 0 spiro atoms. The summed E-state index contributed by atoms with van der Waals surface area (Å²) in [5.74, 6) is -1.05. The summed E-state index contributed by atoms with van der Waals surface area (Å²) in [5, 5.41) is 11.9. The van der Waals surface area contributed by atoms with Crippen molar-refractivity contribution in [1.29, 1.82) is 0 Å². The number of Topliss-reactive ketones (excluding diaryl/α,β-unsaturated/α-hetero) is 1. The van der Waals surface area contributed by atoms with Crippen molar-refractivity contribution in [3.05, 3.63) is 34.1 Å². The summed E-state index contributed by atoms with van der Waals surface area (Å²) in [6.07, 6.45) is 2.84. The van der Waals surface area contributed by atoms with E-state index < -0.39 is 11.4 Å². The van der Waals surface area contributed by atoms with Crippen LogP contribution in [0.5, 0.6) is 0 Å². The largest absolute Gasteiger partial charge is 0.545 e. The molecule has 0 fully saturated rings. The molecule has 0 N–H and O–H groups in total. The van der Waals surface area contributed by atoms with Crippen molar-refractivity contribution in [2.24, 2.45) is 5.41 Å². The third kappa shape index (κ3) is 5.19. The molecule has 0 amide bonds. The lowest BCUT2D eigenvalue weighted by atomic mass is 9.92. The van der Waals surface area contributed by atoms with Crippen molar-refractivity contribution in [1.82, 2.24) is 9.55 Å². The van der Waals surface area contributed by atoms with Gasteiger partial charge in [0.2, 0.25) is 0 Å². The molecule has 0 aliphatic carbocycles. The monoisotopic (exact) mass is 389 g/mol. The minimum atomic E-state index is -1.32. The highest BCUT2D eigenvalue weighted by molar-refractivity contribution is 7.99. The SMILES string of the molecule is CCCCCn1c(SCC(=O)C(C)(C)C)nc2cc(C(=O)[O-])ccc2c1=O. The number of nitrogens with zero attached hydrogens (tertiary/aromatic N) is 2. The molecule has 0 unspecified atom stereocenters. The summed E-state index contributed by atoms with van der Waals surface area (Å²) in [7, 11) is 0. The van der Waals surface area contributed by atoms with E-state index in [1.54, 1.807) is 4.57 Å². The topological polar surface area (TPSA) is 92.1 Å². The molecule has 1 heterocycles. The number of benzene rings is 1. The van der Waals surface area contributed by atoms with E-state index in [0.717, 1.165) is 19.3 Å². The third-order valence-electron chi connectivity index (χ3n) is 4.31. The average Bonchev–Trinajstić information content (AvgIpc) is 2.60. The molecule has 1 aromatic carbocycles. The Bertz CT molecular complexity index is 913. The molecule has 0 saturated heterocycles. The van der Waals surface area contributed by atoms with E-state index in [2.05, 4.69) is 11.9 Å². The van der Waals surface area contributed by atoms with Gasteiger partial charge in [-0.1, -0.05) is 58.4 Å². The smallest absolute Gasteiger partial charge is 0.262 e. The maximum Gasteiger partial charge on any atom is 0.262 e. The number of aromatic nitrogens is 2. The summed E-state index contributed by atoms with van der Waals surface area (Å²) in [4.78, 5) is 40.8. The molecule has 0 aliphatic rings. The highest BCUT2D eigenvalue weighted by atomic mass is 32.2. The number of carboxylic acid groups (broad SMARTS) is 1. The Kier molecular flexibility index (Phi) is 6.81.